The monoisotopic (exact) mass is 587 g/mol. The summed E-state index contributed by atoms with van der Waals surface area (Å²) in [6, 6.07) is 13.6. The average molecular weight is 588 g/mol. The molecule has 3 saturated heterocycles. The van der Waals surface area contributed by atoms with Crippen molar-refractivity contribution < 1.29 is 14.2 Å². The molecule has 0 radical (unpaired) electrons. The number of phenolic OH excluding ortho intramolecular Hbond substituents is 1. The summed E-state index contributed by atoms with van der Waals surface area (Å²) in [5, 5.41) is 16.6. The largest absolute Gasteiger partial charge is 0.508 e. The van der Waals surface area contributed by atoms with Crippen LogP contribution in [-0.4, -0.2) is 70.4 Å². The number of aromatic nitrogens is 2. The van der Waals surface area contributed by atoms with E-state index in [1.807, 2.05) is 24.3 Å². The number of phenols is 1. The van der Waals surface area contributed by atoms with E-state index >= 15 is 4.39 Å². The second-order valence-corrected chi connectivity index (χ2v) is 13.0. The molecule has 1 unspecified atom stereocenters. The Balaban J connectivity index is 1.22. The summed E-state index contributed by atoms with van der Waals surface area (Å²) < 4.78 is 23.0. The summed E-state index contributed by atoms with van der Waals surface area (Å²) in [4.78, 5) is 14.4. The van der Waals surface area contributed by atoms with Crippen molar-refractivity contribution in [2.24, 2.45) is 0 Å². The molecule has 0 amide bonds. The number of hydrogen-bond donors (Lipinski definition) is 2. The topological polar surface area (TPSA) is 73.8 Å². The summed E-state index contributed by atoms with van der Waals surface area (Å²) in [6.45, 7) is 4.41. The third-order valence-corrected chi connectivity index (χ3v) is 10.2. The third-order valence-electron chi connectivity index (χ3n) is 9.88. The van der Waals surface area contributed by atoms with Gasteiger partial charge in [-0.25, -0.2) is 4.39 Å². The van der Waals surface area contributed by atoms with Crippen LogP contribution >= 0.6 is 11.6 Å². The molecule has 7 nitrogen and oxygen atoms in total. The lowest BCUT2D eigenvalue weighted by Gasteiger charge is -2.34. The lowest BCUT2D eigenvalue weighted by Crippen LogP contribution is -2.51. The van der Waals surface area contributed by atoms with Crippen molar-refractivity contribution in [3.63, 3.8) is 0 Å². The summed E-state index contributed by atoms with van der Waals surface area (Å²) in [7, 11) is 0. The molecule has 42 heavy (non-hydrogen) atoms. The summed E-state index contributed by atoms with van der Waals surface area (Å²) in [5.41, 5.74) is 1.18. The zero-order valence-electron chi connectivity index (χ0n) is 23.6. The first-order valence-corrected chi connectivity index (χ1v) is 15.7. The Kier molecular flexibility index (Phi) is 6.43. The lowest BCUT2D eigenvalue weighted by molar-refractivity contribution is 0.171. The smallest absolute Gasteiger partial charge is 0.319 e. The number of likely N-dealkylation sites (tertiary alicyclic amines) is 1. The Hall–Kier alpha value is -3.20. The molecule has 4 aliphatic rings. The van der Waals surface area contributed by atoms with Crippen molar-refractivity contribution in [1.29, 1.82) is 0 Å². The minimum Gasteiger partial charge on any atom is -0.508 e. The fourth-order valence-electron chi connectivity index (χ4n) is 7.58. The first-order chi connectivity index (χ1) is 20.5. The minimum absolute atomic E-state index is 0.0509. The van der Waals surface area contributed by atoms with Gasteiger partial charge in [0.05, 0.1) is 11.6 Å². The number of benzene rings is 3. The van der Waals surface area contributed by atoms with E-state index in [9.17, 15) is 5.11 Å². The number of rotatable bonds is 7. The molecule has 3 aliphatic heterocycles. The van der Waals surface area contributed by atoms with Gasteiger partial charge in [-0.15, -0.1) is 0 Å². The molecule has 0 spiro atoms. The van der Waals surface area contributed by atoms with Crippen LogP contribution in [-0.2, 0) is 0 Å². The molecule has 1 aromatic heterocycles. The highest BCUT2D eigenvalue weighted by molar-refractivity contribution is 6.35. The molecule has 2 bridgehead atoms. The van der Waals surface area contributed by atoms with E-state index in [0.717, 1.165) is 43.1 Å². The fourth-order valence-corrected chi connectivity index (χ4v) is 7.87. The second kappa shape index (κ2) is 10.2. The van der Waals surface area contributed by atoms with Crippen LogP contribution in [0.2, 0.25) is 5.02 Å². The first kappa shape index (κ1) is 26.4. The van der Waals surface area contributed by atoms with Crippen LogP contribution in [0.5, 0.6) is 11.8 Å². The predicted octanol–water partition coefficient (Wildman–Crippen LogP) is 6.29. The van der Waals surface area contributed by atoms with E-state index in [-0.39, 0.29) is 33.4 Å². The van der Waals surface area contributed by atoms with Crippen LogP contribution in [0.25, 0.3) is 32.8 Å². The number of ether oxygens (including phenoxy) is 1. The van der Waals surface area contributed by atoms with Crippen LogP contribution in [0.3, 0.4) is 0 Å². The van der Waals surface area contributed by atoms with Gasteiger partial charge in [0.15, 0.2) is 5.82 Å². The van der Waals surface area contributed by atoms with Crippen molar-refractivity contribution in [2.75, 3.05) is 37.7 Å². The van der Waals surface area contributed by atoms with E-state index < -0.39 is 5.82 Å². The SMILES string of the molecule is Oc1cc(-c2c(Cl)cc3c(N4CC5CC[C@H](C4)N5)nc(OCCC4(N5CCCC5)CC4)nc3c2F)c2ccccc2c1. The molecule has 3 aromatic carbocycles. The van der Waals surface area contributed by atoms with Crippen LogP contribution in [0, 0.1) is 5.82 Å². The minimum atomic E-state index is -0.532. The summed E-state index contributed by atoms with van der Waals surface area (Å²) >= 11 is 6.88. The number of nitrogens with zero attached hydrogens (tertiary/aromatic N) is 4. The fraction of sp³-hybridized carbons (Fsp3) is 0.455. The van der Waals surface area contributed by atoms with Gasteiger partial charge in [0.25, 0.3) is 0 Å². The second-order valence-electron chi connectivity index (χ2n) is 12.5. The van der Waals surface area contributed by atoms with Gasteiger partial charge in [0.1, 0.15) is 17.1 Å². The molecule has 1 saturated carbocycles. The molecule has 9 heteroatoms. The highest BCUT2D eigenvalue weighted by Crippen LogP contribution is 2.47. The van der Waals surface area contributed by atoms with Gasteiger partial charge < -0.3 is 20.1 Å². The van der Waals surface area contributed by atoms with Gasteiger partial charge in [-0.05, 0) is 92.6 Å². The molecular weight excluding hydrogens is 553 g/mol. The van der Waals surface area contributed by atoms with E-state index in [2.05, 4.69) is 20.1 Å². The van der Waals surface area contributed by atoms with Crippen LogP contribution in [0.15, 0.2) is 42.5 Å². The maximum absolute atomic E-state index is 16.7. The number of piperazine rings is 1. The highest BCUT2D eigenvalue weighted by Gasteiger charge is 2.48. The molecule has 4 aromatic rings. The van der Waals surface area contributed by atoms with Crippen molar-refractivity contribution in [3.05, 3.63) is 53.3 Å². The Labute approximate surface area is 249 Å². The van der Waals surface area contributed by atoms with Gasteiger partial charge in [-0.1, -0.05) is 35.9 Å². The zero-order chi connectivity index (χ0) is 28.4. The number of fused-ring (bicyclic) bond motifs is 4. The normalized spacial score (nSPS) is 23.2. The van der Waals surface area contributed by atoms with Gasteiger partial charge in [-0.2, -0.15) is 9.97 Å². The highest BCUT2D eigenvalue weighted by atomic mass is 35.5. The number of anilines is 1. The standard InChI is InChI=1S/C33H35ClFN5O2/c34-27-17-26-30(29(35)28(27)25-16-23(41)15-20-5-1-2-6-24(20)25)37-32(38-31(26)39-18-21-7-8-22(19-39)36-21)42-14-11-33(9-10-33)40-12-3-4-13-40/h1-2,5-6,15-17,21-22,36,41H,3-4,7-14,18-19H2/t21-,22?/m1/s1. The van der Waals surface area contributed by atoms with Crippen molar-refractivity contribution >= 4 is 39.1 Å². The molecule has 4 heterocycles. The van der Waals surface area contributed by atoms with E-state index in [1.54, 1.807) is 18.2 Å². The van der Waals surface area contributed by atoms with Crippen LogP contribution < -0.4 is 15.0 Å². The van der Waals surface area contributed by atoms with Gasteiger partial charge >= 0.3 is 6.01 Å². The maximum Gasteiger partial charge on any atom is 0.319 e. The van der Waals surface area contributed by atoms with Crippen molar-refractivity contribution in [1.82, 2.24) is 20.2 Å². The number of halogens is 2. The van der Waals surface area contributed by atoms with E-state index in [4.69, 9.17) is 21.3 Å². The quantitative estimate of drug-likeness (QED) is 0.263. The van der Waals surface area contributed by atoms with Gasteiger partial charge in [0, 0.05) is 41.7 Å². The van der Waals surface area contributed by atoms with Crippen LogP contribution in [0.4, 0.5) is 10.2 Å². The zero-order valence-corrected chi connectivity index (χ0v) is 24.3. The van der Waals surface area contributed by atoms with E-state index in [0.29, 0.717) is 35.5 Å². The van der Waals surface area contributed by atoms with E-state index in [1.165, 1.54) is 38.8 Å². The Bertz CT molecular complexity index is 1680. The number of hydrogen-bond acceptors (Lipinski definition) is 7. The summed E-state index contributed by atoms with van der Waals surface area (Å²) in [6.07, 6.45) is 8.11. The van der Waals surface area contributed by atoms with Gasteiger partial charge in [-0.3, -0.25) is 4.90 Å². The van der Waals surface area contributed by atoms with Crippen molar-refractivity contribution in [2.45, 2.75) is 62.6 Å². The van der Waals surface area contributed by atoms with Gasteiger partial charge in [0.2, 0.25) is 0 Å². The Morgan fingerprint density at radius 2 is 1.79 bits per heavy atom. The molecule has 4 fully saturated rings. The molecule has 218 valence electrons. The molecule has 2 atom stereocenters. The third kappa shape index (κ3) is 4.55. The molecule has 2 N–H and O–H groups in total. The summed E-state index contributed by atoms with van der Waals surface area (Å²) in [5.74, 6) is 0.188. The van der Waals surface area contributed by atoms with Crippen molar-refractivity contribution in [3.8, 4) is 22.9 Å². The molecule has 8 rings (SSSR count). The predicted molar refractivity (Wildman–Crippen MR) is 164 cm³/mol. The Morgan fingerprint density at radius 3 is 2.55 bits per heavy atom. The Morgan fingerprint density at radius 1 is 1.02 bits per heavy atom. The number of aromatic hydroxyl groups is 1. The first-order valence-electron chi connectivity index (χ1n) is 15.3. The lowest BCUT2D eigenvalue weighted by atomic mass is 9.96. The maximum atomic E-state index is 16.7. The molecular formula is C33H35ClFN5O2. The van der Waals surface area contributed by atoms with Crippen LogP contribution in [0.1, 0.15) is 44.9 Å². The molecule has 1 aliphatic carbocycles. The number of nitrogens with one attached hydrogen (secondary N) is 1. The average Bonchev–Trinajstić information content (AvgIpc) is 3.39.